The van der Waals surface area contributed by atoms with E-state index in [0.29, 0.717) is 6.67 Å². The summed E-state index contributed by atoms with van der Waals surface area (Å²) in [6, 6.07) is 11.8. The first kappa shape index (κ1) is 10.7. The van der Waals surface area contributed by atoms with E-state index in [9.17, 15) is 0 Å². The molecular formula is C13H14N5+. The van der Waals surface area contributed by atoms with Gasteiger partial charge in [0.1, 0.15) is 5.52 Å². The Labute approximate surface area is 104 Å². The summed E-state index contributed by atoms with van der Waals surface area (Å²) in [4.78, 5) is 0. The van der Waals surface area contributed by atoms with Crippen molar-refractivity contribution >= 4 is 16.9 Å². The standard InChI is InChI=1S/C13H13N5/c1-10-6-7-17(13(14)8-10)9-18-12-5-3-2-4-11(12)15-16-18/h2-8,14H,9H2,1H3/p+1. The van der Waals surface area contributed by atoms with Crippen LogP contribution < -0.4 is 10.3 Å². The molecule has 0 unspecified atom stereocenters. The summed E-state index contributed by atoms with van der Waals surface area (Å²) in [5, 5.41) is 8.27. The van der Waals surface area contributed by atoms with E-state index in [1.165, 1.54) is 0 Å². The van der Waals surface area contributed by atoms with Crippen LogP contribution in [-0.2, 0) is 6.67 Å². The van der Waals surface area contributed by atoms with Crippen LogP contribution in [0.5, 0.6) is 0 Å². The average molecular weight is 240 g/mol. The molecule has 0 amide bonds. The summed E-state index contributed by atoms with van der Waals surface area (Å²) in [5.74, 6) is 0.717. The quantitative estimate of drug-likeness (QED) is 0.683. The smallest absolute Gasteiger partial charge is 0.274 e. The second-order valence-corrected chi connectivity index (χ2v) is 4.32. The van der Waals surface area contributed by atoms with E-state index in [-0.39, 0.29) is 0 Å². The number of para-hydroxylation sites is 1. The minimum Gasteiger partial charge on any atom is -0.287 e. The summed E-state index contributed by atoms with van der Waals surface area (Å²) in [5.41, 5.74) is 9.03. The number of anilines is 1. The molecule has 2 aromatic heterocycles. The number of hydrogen-bond donors (Lipinski definition) is 1. The van der Waals surface area contributed by atoms with Crippen molar-refractivity contribution in [2.24, 2.45) is 0 Å². The van der Waals surface area contributed by atoms with Crippen LogP contribution in [0.1, 0.15) is 5.56 Å². The fourth-order valence-electron chi connectivity index (χ4n) is 1.95. The Hall–Kier alpha value is -2.43. The zero-order valence-electron chi connectivity index (χ0n) is 10.1. The molecule has 2 N–H and O–H groups in total. The zero-order valence-corrected chi connectivity index (χ0v) is 10.1. The van der Waals surface area contributed by atoms with Crippen LogP contribution in [0.2, 0.25) is 0 Å². The van der Waals surface area contributed by atoms with Crippen molar-refractivity contribution in [1.82, 2.24) is 15.0 Å². The molecule has 1 aromatic carbocycles. The van der Waals surface area contributed by atoms with Gasteiger partial charge < -0.3 is 0 Å². The zero-order chi connectivity index (χ0) is 12.5. The summed E-state index contributed by atoms with van der Waals surface area (Å²) in [7, 11) is 0. The minimum absolute atomic E-state index is 0.562. The largest absolute Gasteiger partial charge is 0.287 e. The van der Waals surface area contributed by atoms with Gasteiger partial charge in [-0.25, -0.2) is 9.25 Å². The Balaban J connectivity index is 2.01. The monoisotopic (exact) mass is 240 g/mol. The van der Waals surface area contributed by atoms with Crippen molar-refractivity contribution in [2.75, 3.05) is 5.73 Å². The maximum Gasteiger partial charge on any atom is 0.274 e. The molecule has 5 nitrogen and oxygen atoms in total. The maximum absolute atomic E-state index is 5.98. The molecule has 3 aromatic rings. The first-order valence-corrected chi connectivity index (χ1v) is 5.78. The summed E-state index contributed by atoms with van der Waals surface area (Å²) in [6.07, 6.45) is 1.96. The molecule has 0 aliphatic heterocycles. The van der Waals surface area contributed by atoms with E-state index >= 15 is 0 Å². The second-order valence-electron chi connectivity index (χ2n) is 4.32. The number of aromatic nitrogens is 4. The van der Waals surface area contributed by atoms with Crippen LogP contribution in [0.4, 0.5) is 5.82 Å². The highest BCUT2D eigenvalue weighted by Gasteiger charge is 2.08. The van der Waals surface area contributed by atoms with Crippen molar-refractivity contribution in [3.05, 3.63) is 48.2 Å². The number of rotatable bonds is 2. The molecule has 0 aliphatic carbocycles. The summed E-state index contributed by atoms with van der Waals surface area (Å²) >= 11 is 0. The first-order valence-electron chi connectivity index (χ1n) is 5.78. The van der Waals surface area contributed by atoms with Crippen molar-refractivity contribution in [1.29, 1.82) is 0 Å². The summed E-state index contributed by atoms with van der Waals surface area (Å²) in [6.45, 7) is 2.58. The molecule has 0 fully saturated rings. The van der Waals surface area contributed by atoms with E-state index < -0.39 is 0 Å². The fraction of sp³-hybridized carbons (Fsp3) is 0.154. The third-order valence-electron chi connectivity index (χ3n) is 2.93. The normalized spacial score (nSPS) is 10.9. The number of aryl methyl sites for hydroxylation is 1. The molecule has 3 rings (SSSR count). The first-order chi connectivity index (χ1) is 8.74. The number of fused-ring (bicyclic) bond motifs is 1. The lowest BCUT2D eigenvalue weighted by Gasteiger charge is -2.04. The number of nitrogens with two attached hydrogens (primary N) is 1. The van der Waals surface area contributed by atoms with Crippen LogP contribution >= 0.6 is 0 Å². The van der Waals surface area contributed by atoms with Gasteiger partial charge in [0.05, 0.1) is 11.7 Å². The van der Waals surface area contributed by atoms with Crippen LogP contribution in [0.25, 0.3) is 11.0 Å². The van der Waals surface area contributed by atoms with Gasteiger partial charge in [-0.2, -0.15) is 0 Å². The predicted octanol–water partition coefficient (Wildman–Crippen LogP) is 1.12. The van der Waals surface area contributed by atoms with E-state index in [1.54, 1.807) is 0 Å². The van der Waals surface area contributed by atoms with Gasteiger partial charge >= 0.3 is 0 Å². The van der Waals surface area contributed by atoms with Gasteiger partial charge in [-0.1, -0.05) is 17.3 Å². The number of nitrogens with zero attached hydrogens (tertiary/aromatic N) is 4. The molecule has 0 saturated heterocycles. The van der Waals surface area contributed by atoms with Gasteiger partial charge in [-0.05, 0) is 30.7 Å². The van der Waals surface area contributed by atoms with Gasteiger partial charge in [0.15, 0.2) is 6.67 Å². The van der Waals surface area contributed by atoms with Crippen LogP contribution in [-0.4, -0.2) is 15.0 Å². The van der Waals surface area contributed by atoms with Gasteiger partial charge in [0.25, 0.3) is 5.82 Å². The molecule has 0 radical (unpaired) electrons. The number of pyridine rings is 1. The lowest BCUT2D eigenvalue weighted by atomic mass is 10.3. The Bertz CT molecular complexity index is 701. The Morgan fingerprint density at radius 3 is 2.94 bits per heavy atom. The molecule has 0 bridgehead atoms. The molecule has 0 atom stereocenters. The van der Waals surface area contributed by atoms with E-state index in [4.69, 9.17) is 5.73 Å². The fourth-order valence-corrected chi connectivity index (χ4v) is 1.95. The highest BCUT2D eigenvalue weighted by molar-refractivity contribution is 5.73. The molecule has 0 aliphatic rings. The summed E-state index contributed by atoms with van der Waals surface area (Å²) < 4.78 is 3.77. The Kier molecular flexibility index (Phi) is 2.44. The van der Waals surface area contributed by atoms with Crippen molar-refractivity contribution < 1.29 is 4.57 Å². The van der Waals surface area contributed by atoms with Crippen LogP contribution in [0, 0.1) is 6.92 Å². The SMILES string of the molecule is Cc1cc[n+](Cn2nnc3ccccc32)c(N)c1. The van der Waals surface area contributed by atoms with Gasteiger partial charge in [0.2, 0.25) is 0 Å². The van der Waals surface area contributed by atoms with E-state index in [1.807, 2.05) is 58.8 Å². The highest BCUT2D eigenvalue weighted by Crippen LogP contribution is 2.09. The van der Waals surface area contributed by atoms with Gasteiger partial charge in [-0.3, -0.25) is 5.73 Å². The molecule has 5 heteroatoms. The van der Waals surface area contributed by atoms with Gasteiger partial charge in [0, 0.05) is 6.07 Å². The van der Waals surface area contributed by atoms with Gasteiger partial charge in [-0.15, -0.1) is 5.10 Å². The van der Waals surface area contributed by atoms with Crippen LogP contribution in [0.15, 0.2) is 42.6 Å². The second kappa shape index (κ2) is 4.10. The predicted molar refractivity (Wildman–Crippen MR) is 68.7 cm³/mol. The molecular weight excluding hydrogens is 226 g/mol. The molecule has 2 heterocycles. The highest BCUT2D eigenvalue weighted by atomic mass is 15.5. The molecule has 0 spiro atoms. The van der Waals surface area contributed by atoms with Crippen molar-refractivity contribution in [2.45, 2.75) is 13.6 Å². The minimum atomic E-state index is 0.562. The number of benzene rings is 1. The van der Waals surface area contributed by atoms with E-state index in [2.05, 4.69) is 10.3 Å². The lowest BCUT2D eigenvalue weighted by molar-refractivity contribution is -0.688. The third-order valence-corrected chi connectivity index (χ3v) is 2.93. The van der Waals surface area contributed by atoms with E-state index in [0.717, 1.165) is 22.4 Å². The average Bonchev–Trinajstić information content (AvgIpc) is 2.76. The third kappa shape index (κ3) is 1.79. The maximum atomic E-state index is 5.98. The molecule has 18 heavy (non-hydrogen) atoms. The lowest BCUT2D eigenvalue weighted by Crippen LogP contribution is -2.40. The topological polar surface area (TPSA) is 60.6 Å². The number of hydrogen-bond acceptors (Lipinski definition) is 3. The Morgan fingerprint density at radius 2 is 2.11 bits per heavy atom. The van der Waals surface area contributed by atoms with Crippen molar-refractivity contribution in [3.8, 4) is 0 Å². The Morgan fingerprint density at radius 1 is 1.28 bits per heavy atom. The number of nitrogen functional groups attached to an aromatic ring is 1. The van der Waals surface area contributed by atoms with Crippen LogP contribution in [0.3, 0.4) is 0 Å². The molecule has 0 saturated carbocycles. The molecule has 90 valence electrons. The van der Waals surface area contributed by atoms with Crippen molar-refractivity contribution in [3.63, 3.8) is 0 Å².